The SMILES string of the molecule is CCCc1nc(C)c2c(CN)cn(C)c2n1. The Morgan fingerprint density at radius 3 is 2.75 bits per heavy atom. The van der Waals surface area contributed by atoms with Crippen molar-refractivity contribution in [2.45, 2.75) is 33.2 Å². The molecular formula is C12H18N4. The lowest BCUT2D eigenvalue weighted by Crippen LogP contribution is -2.01. The van der Waals surface area contributed by atoms with Crippen LogP contribution in [0, 0.1) is 6.92 Å². The highest BCUT2D eigenvalue weighted by Crippen LogP contribution is 2.21. The smallest absolute Gasteiger partial charge is 0.143 e. The van der Waals surface area contributed by atoms with Crippen LogP contribution in [0.5, 0.6) is 0 Å². The number of aryl methyl sites for hydroxylation is 3. The summed E-state index contributed by atoms with van der Waals surface area (Å²) in [7, 11) is 2.00. The Kier molecular flexibility index (Phi) is 2.92. The highest BCUT2D eigenvalue weighted by molar-refractivity contribution is 5.82. The maximum Gasteiger partial charge on any atom is 0.143 e. The van der Waals surface area contributed by atoms with Gasteiger partial charge in [0, 0.05) is 31.6 Å². The van der Waals surface area contributed by atoms with E-state index in [1.54, 1.807) is 0 Å². The Morgan fingerprint density at radius 1 is 1.38 bits per heavy atom. The molecule has 4 heteroatoms. The second-order valence-electron chi connectivity index (χ2n) is 4.14. The third-order valence-electron chi connectivity index (χ3n) is 2.82. The van der Waals surface area contributed by atoms with E-state index in [2.05, 4.69) is 16.9 Å². The van der Waals surface area contributed by atoms with E-state index in [0.29, 0.717) is 6.54 Å². The van der Waals surface area contributed by atoms with Gasteiger partial charge in [0.05, 0.1) is 5.69 Å². The highest BCUT2D eigenvalue weighted by atomic mass is 15.0. The minimum Gasteiger partial charge on any atom is -0.335 e. The average molecular weight is 218 g/mol. The Morgan fingerprint density at radius 2 is 2.12 bits per heavy atom. The Balaban J connectivity index is 2.68. The van der Waals surface area contributed by atoms with E-state index < -0.39 is 0 Å². The van der Waals surface area contributed by atoms with E-state index in [1.807, 2.05) is 24.7 Å². The molecule has 0 spiro atoms. The van der Waals surface area contributed by atoms with E-state index in [-0.39, 0.29) is 0 Å². The topological polar surface area (TPSA) is 56.7 Å². The lowest BCUT2D eigenvalue weighted by atomic mass is 10.2. The zero-order valence-corrected chi connectivity index (χ0v) is 10.1. The van der Waals surface area contributed by atoms with Crippen LogP contribution in [-0.4, -0.2) is 14.5 Å². The van der Waals surface area contributed by atoms with Gasteiger partial charge < -0.3 is 10.3 Å². The normalized spacial score (nSPS) is 11.2. The van der Waals surface area contributed by atoms with Crippen LogP contribution < -0.4 is 5.73 Å². The molecule has 0 aliphatic rings. The average Bonchev–Trinajstić information content (AvgIpc) is 2.57. The minimum absolute atomic E-state index is 0.536. The fourth-order valence-electron chi connectivity index (χ4n) is 2.10. The van der Waals surface area contributed by atoms with Crippen molar-refractivity contribution in [1.29, 1.82) is 0 Å². The fourth-order valence-corrected chi connectivity index (χ4v) is 2.10. The van der Waals surface area contributed by atoms with Crippen molar-refractivity contribution in [2.24, 2.45) is 12.8 Å². The summed E-state index contributed by atoms with van der Waals surface area (Å²) in [5.41, 5.74) is 8.88. The lowest BCUT2D eigenvalue weighted by Gasteiger charge is -2.03. The van der Waals surface area contributed by atoms with E-state index in [4.69, 9.17) is 5.73 Å². The molecule has 0 radical (unpaired) electrons. The van der Waals surface area contributed by atoms with E-state index >= 15 is 0 Å². The third kappa shape index (κ3) is 1.69. The molecule has 2 N–H and O–H groups in total. The predicted molar refractivity (Wildman–Crippen MR) is 65.1 cm³/mol. The summed E-state index contributed by atoms with van der Waals surface area (Å²) in [4.78, 5) is 9.12. The first kappa shape index (κ1) is 11.1. The molecule has 2 rings (SSSR count). The maximum absolute atomic E-state index is 5.73. The molecule has 2 heterocycles. The summed E-state index contributed by atoms with van der Waals surface area (Å²) in [6, 6.07) is 0. The molecule has 0 atom stereocenters. The van der Waals surface area contributed by atoms with E-state index in [9.17, 15) is 0 Å². The van der Waals surface area contributed by atoms with E-state index in [1.165, 1.54) is 0 Å². The second-order valence-corrected chi connectivity index (χ2v) is 4.14. The zero-order valence-electron chi connectivity index (χ0n) is 10.1. The predicted octanol–water partition coefficient (Wildman–Crippen LogP) is 1.69. The first-order chi connectivity index (χ1) is 7.67. The summed E-state index contributed by atoms with van der Waals surface area (Å²) >= 11 is 0. The number of nitrogens with zero attached hydrogens (tertiary/aromatic N) is 3. The van der Waals surface area contributed by atoms with Crippen molar-refractivity contribution in [3.8, 4) is 0 Å². The summed E-state index contributed by atoms with van der Waals surface area (Å²) in [6.07, 6.45) is 4.04. The van der Waals surface area contributed by atoms with Gasteiger partial charge in [-0.05, 0) is 18.9 Å². The van der Waals surface area contributed by atoms with Crippen molar-refractivity contribution in [1.82, 2.24) is 14.5 Å². The third-order valence-corrected chi connectivity index (χ3v) is 2.82. The molecule has 0 bridgehead atoms. The van der Waals surface area contributed by atoms with Crippen LogP contribution >= 0.6 is 0 Å². The molecule has 2 aromatic heterocycles. The molecule has 0 saturated carbocycles. The van der Waals surface area contributed by atoms with Gasteiger partial charge in [0.2, 0.25) is 0 Å². The lowest BCUT2D eigenvalue weighted by molar-refractivity contribution is 0.824. The Labute approximate surface area is 95.5 Å². The molecule has 0 fully saturated rings. The van der Waals surface area contributed by atoms with Crippen LogP contribution in [0.2, 0.25) is 0 Å². The molecule has 4 nitrogen and oxygen atoms in total. The van der Waals surface area contributed by atoms with Crippen LogP contribution in [0.25, 0.3) is 11.0 Å². The number of aromatic nitrogens is 3. The maximum atomic E-state index is 5.73. The standard InChI is InChI=1S/C12H18N4/c1-4-5-10-14-8(2)11-9(6-13)7-16(3)12(11)15-10/h7H,4-6,13H2,1-3H3. The summed E-state index contributed by atoms with van der Waals surface area (Å²) < 4.78 is 2.03. The van der Waals surface area contributed by atoms with Crippen LogP contribution in [0.4, 0.5) is 0 Å². The minimum atomic E-state index is 0.536. The molecule has 0 amide bonds. The van der Waals surface area contributed by atoms with E-state index in [0.717, 1.165) is 41.0 Å². The van der Waals surface area contributed by atoms with Crippen LogP contribution in [-0.2, 0) is 20.0 Å². The molecular weight excluding hydrogens is 200 g/mol. The van der Waals surface area contributed by atoms with Crippen molar-refractivity contribution < 1.29 is 0 Å². The number of hydrogen-bond acceptors (Lipinski definition) is 3. The molecule has 0 aliphatic heterocycles. The summed E-state index contributed by atoms with van der Waals surface area (Å²) in [5, 5.41) is 1.12. The summed E-state index contributed by atoms with van der Waals surface area (Å²) in [6.45, 7) is 4.70. The van der Waals surface area contributed by atoms with Gasteiger partial charge in [0.1, 0.15) is 11.5 Å². The molecule has 86 valence electrons. The first-order valence-electron chi connectivity index (χ1n) is 5.68. The van der Waals surface area contributed by atoms with Crippen LogP contribution in [0.3, 0.4) is 0 Å². The van der Waals surface area contributed by atoms with Gasteiger partial charge in [-0.2, -0.15) is 0 Å². The molecule has 16 heavy (non-hydrogen) atoms. The van der Waals surface area contributed by atoms with Crippen molar-refractivity contribution in [3.63, 3.8) is 0 Å². The zero-order chi connectivity index (χ0) is 11.7. The molecule has 0 saturated heterocycles. The van der Waals surface area contributed by atoms with Crippen molar-refractivity contribution in [2.75, 3.05) is 0 Å². The second kappa shape index (κ2) is 4.22. The van der Waals surface area contributed by atoms with Gasteiger partial charge in [-0.15, -0.1) is 0 Å². The van der Waals surface area contributed by atoms with Gasteiger partial charge >= 0.3 is 0 Å². The quantitative estimate of drug-likeness (QED) is 0.853. The van der Waals surface area contributed by atoms with Crippen LogP contribution in [0.15, 0.2) is 6.20 Å². The Hall–Kier alpha value is -1.42. The molecule has 0 aliphatic carbocycles. The van der Waals surface area contributed by atoms with Gasteiger partial charge in [0.25, 0.3) is 0 Å². The molecule has 0 unspecified atom stereocenters. The number of rotatable bonds is 3. The van der Waals surface area contributed by atoms with Gasteiger partial charge in [-0.25, -0.2) is 9.97 Å². The number of hydrogen-bond donors (Lipinski definition) is 1. The fraction of sp³-hybridized carbons (Fsp3) is 0.500. The van der Waals surface area contributed by atoms with Crippen molar-refractivity contribution >= 4 is 11.0 Å². The Bertz CT molecular complexity index is 513. The van der Waals surface area contributed by atoms with Gasteiger partial charge in [-0.1, -0.05) is 6.92 Å². The van der Waals surface area contributed by atoms with Crippen LogP contribution in [0.1, 0.15) is 30.4 Å². The largest absolute Gasteiger partial charge is 0.335 e. The number of nitrogens with two attached hydrogens (primary N) is 1. The number of fused-ring (bicyclic) bond motifs is 1. The monoisotopic (exact) mass is 218 g/mol. The van der Waals surface area contributed by atoms with Crippen molar-refractivity contribution in [3.05, 3.63) is 23.3 Å². The summed E-state index contributed by atoms with van der Waals surface area (Å²) in [5.74, 6) is 0.928. The van der Waals surface area contributed by atoms with Gasteiger partial charge in [-0.3, -0.25) is 0 Å². The first-order valence-corrected chi connectivity index (χ1v) is 5.68. The molecule has 2 aromatic rings. The molecule has 0 aromatic carbocycles. The highest BCUT2D eigenvalue weighted by Gasteiger charge is 2.11. The van der Waals surface area contributed by atoms with Gasteiger partial charge in [0.15, 0.2) is 0 Å².